The zero-order valence-corrected chi connectivity index (χ0v) is 9.88. The zero-order chi connectivity index (χ0) is 12.4. The standard InChI is InChI=1S/C11H13ClN2O3/c12-11-4-1-7(6-13-11)9-5-8(15)2-3-10(9)14(16)17/h1,4,6,8-10,15H,2-3,5H2/t8?,9-,10+/m0/s1. The lowest BCUT2D eigenvalue weighted by Gasteiger charge is -2.28. The molecule has 1 unspecified atom stereocenters. The minimum Gasteiger partial charge on any atom is -0.393 e. The first kappa shape index (κ1) is 12.3. The van der Waals surface area contributed by atoms with Crippen molar-refractivity contribution in [1.29, 1.82) is 0 Å². The van der Waals surface area contributed by atoms with Crippen LogP contribution in [0, 0.1) is 10.1 Å². The Morgan fingerprint density at radius 3 is 2.82 bits per heavy atom. The molecule has 1 aliphatic carbocycles. The number of nitro groups is 1. The molecule has 0 radical (unpaired) electrons. The van der Waals surface area contributed by atoms with Gasteiger partial charge >= 0.3 is 0 Å². The van der Waals surface area contributed by atoms with Gasteiger partial charge in [-0.25, -0.2) is 4.98 Å². The summed E-state index contributed by atoms with van der Waals surface area (Å²) in [7, 11) is 0. The SMILES string of the molecule is O=[N+]([O-])[C@@H]1CCC(O)C[C@H]1c1ccc(Cl)nc1. The third kappa shape index (κ3) is 2.73. The average molecular weight is 257 g/mol. The van der Waals surface area contributed by atoms with Crippen molar-refractivity contribution in [2.75, 3.05) is 0 Å². The number of aliphatic hydroxyl groups excluding tert-OH is 1. The second kappa shape index (κ2) is 4.98. The van der Waals surface area contributed by atoms with Crippen LogP contribution in [0.3, 0.4) is 0 Å². The van der Waals surface area contributed by atoms with E-state index < -0.39 is 12.1 Å². The number of halogens is 1. The monoisotopic (exact) mass is 256 g/mol. The molecule has 1 fully saturated rings. The summed E-state index contributed by atoms with van der Waals surface area (Å²) in [5.74, 6) is -0.279. The van der Waals surface area contributed by atoms with Crippen molar-refractivity contribution in [3.05, 3.63) is 39.2 Å². The molecule has 1 aliphatic rings. The second-order valence-electron chi connectivity index (χ2n) is 4.34. The van der Waals surface area contributed by atoms with Crippen molar-refractivity contribution in [2.24, 2.45) is 0 Å². The third-order valence-corrected chi connectivity index (χ3v) is 3.46. The Kier molecular flexibility index (Phi) is 3.59. The number of hydrogen-bond donors (Lipinski definition) is 1. The summed E-state index contributed by atoms with van der Waals surface area (Å²) in [5.41, 5.74) is 0.773. The van der Waals surface area contributed by atoms with Crippen molar-refractivity contribution in [1.82, 2.24) is 4.98 Å². The first-order valence-electron chi connectivity index (χ1n) is 5.51. The van der Waals surface area contributed by atoms with E-state index in [1.807, 2.05) is 0 Å². The molecule has 1 aromatic rings. The van der Waals surface area contributed by atoms with Crippen LogP contribution in [0.2, 0.25) is 5.15 Å². The number of aliphatic hydroxyl groups is 1. The van der Waals surface area contributed by atoms with E-state index in [0.29, 0.717) is 24.4 Å². The molecular formula is C11H13ClN2O3. The largest absolute Gasteiger partial charge is 0.393 e. The summed E-state index contributed by atoms with van der Waals surface area (Å²) in [6.45, 7) is 0. The quantitative estimate of drug-likeness (QED) is 0.499. The molecule has 0 saturated heterocycles. The van der Waals surface area contributed by atoms with Crippen LogP contribution in [-0.4, -0.2) is 27.2 Å². The minimum atomic E-state index is -0.638. The lowest BCUT2D eigenvalue weighted by Crippen LogP contribution is -2.35. The molecular weight excluding hydrogens is 244 g/mol. The summed E-state index contributed by atoms with van der Waals surface area (Å²) in [6, 6.07) is 2.73. The Morgan fingerprint density at radius 1 is 1.47 bits per heavy atom. The number of hydrogen-bond acceptors (Lipinski definition) is 4. The van der Waals surface area contributed by atoms with Gasteiger partial charge in [-0.1, -0.05) is 17.7 Å². The summed E-state index contributed by atoms with van der Waals surface area (Å²) >= 11 is 5.68. The molecule has 3 atom stereocenters. The van der Waals surface area contributed by atoms with Gasteiger partial charge in [-0.2, -0.15) is 0 Å². The first-order chi connectivity index (χ1) is 8.08. The molecule has 17 heavy (non-hydrogen) atoms. The number of pyridine rings is 1. The van der Waals surface area contributed by atoms with Crippen molar-refractivity contribution in [2.45, 2.75) is 37.3 Å². The molecule has 1 aromatic heterocycles. The number of nitrogens with zero attached hydrogens (tertiary/aromatic N) is 2. The highest BCUT2D eigenvalue weighted by atomic mass is 35.5. The molecule has 0 bridgehead atoms. The van der Waals surface area contributed by atoms with Gasteiger partial charge in [0.25, 0.3) is 0 Å². The van der Waals surface area contributed by atoms with Gasteiger partial charge in [0.2, 0.25) is 6.04 Å². The summed E-state index contributed by atoms with van der Waals surface area (Å²) in [6.07, 6.45) is 2.40. The molecule has 2 rings (SSSR count). The average Bonchev–Trinajstić information content (AvgIpc) is 2.29. The molecule has 0 spiro atoms. The molecule has 1 heterocycles. The molecule has 0 aliphatic heterocycles. The predicted molar refractivity (Wildman–Crippen MR) is 62.6 cm³/mol. The fourth-order valence-corrected chi connectivity index (χ4v) is 2.46. The van der Waals surface area contributed by atoms with Gasteiger partial charge in [0, 0.05) is 17.5 Å². The van der Waals surface area contributed by atoms with E-state index >= 15 is 0 Å². The van der Waals surface area contributed by atoms with Crippen LogP contribution >= 0.6 is 11.6 Å². The molecule has 92 valence electrons. The second-order valence-corrected chi connectivity index (χ2v) is 4.73. The van der Waals surface area contributed by atoms with E-state index in [9.17, 15) is 15.2 Å². The topological polar surface area (TPSA) is 76.3 Å². The normalized spacial score (nSPS) is 28.9. The van der Waals surface area contributed by atoms with Gasteiger partial charge in [0.1, 0.15) is 5.15 Å². The Hall–Kier alpha value is -1.20. The van der Waals surface area contributed by atoms with Gasteiger partial charge in [-0.3, -0.25) is 10.1 Å². The predicted octanol–water partition coefficient (Wildman–Crippen LogP) is 2.01. The van der Waals surface area contributed by atoms with E-state index in [4.69, 9.17) is 11.6 Å². The molecule has 1 saturated carbocycles. The minimum absolute atomic E-state index is 0.259. The maximum atomic E-state index is 11.0. The van der Waals surface area contributed by atoms with Gasteiger partial charge in [-0.15, -0.1) is 0 Å². The van der Waals surface area contributed by atoms with Crippen molar-refractivity contribution in [3.63, 3.8) is 0 Å². The van der Waals surface area contributed by atoms with E-state index in [0.717, 1.165) is 5.56 Å². The van der Waals surface area contributed by atoms with E-state index in [-0.39, 0.29) is 10.8 Å². The summed E-state index contributed by atoms with van der Waals surface area (Å²) in [4.78, 5) is 14.7. The van der Waals surface area contributed by atoms with Crippen LogP contribution in [0.4, 0.5) is 0 Å². The number of aromatic nitrogens is 1. The van der Waals surface area contributed by atoms with Crippen LogP contribution in [0.15, 0.2) is 18.3 Å². The summed E-state index contributed by atoms with van der Waals surface area (Å²) < 4.78 is 0. The fraction of sp³-hybridized carbons (Fsp3) is 0.545. The van der Waals surface area contributed by atoms with Crippen molar-refractivity contribution < 1.29 is 10.0 Å². The smallest absolute Gasteiger partial charge is 0.220 e. The molecule has 0 amide bonds. The highest BCUT2D eigenvalue weighted by Crippen LogP contribution is 2.34. The van der Waals surface area contributed by atoms with Crippen LogP contribution in [-0.2, 0) is 0 Å². The van der Waals surface area contributed by atoms with Gasteiger partial charge in [0.15, 0.2) is 0 Å². The Morgan fingerprint density at radius 2 is 2.24 bits per heavy atom. The van der Waals surface area contributed by atoms with Gasteiger partial charge in [-0.05, 0) is 24.5 Å². The molecule has 1 N–H and O–H groups in total. The summed E-state index contributed by atoms with van der Waals surface area (Å²) in [5, 5.41) is 21.0. The maximum absolute atomic E-state index is 11.0. The lowest BCUT2D eigenvalue weighted by atomic mass is 9.79. The van der Waals surface area contributed by atoms with Crippen LogP contribution in [0.5, 0.6) is 0 Å². The molecule has 0 aromatic carbocycles. The van der Waals surface area contributed by atoms with Crippen molar-refractivity contribution in [3.8, 4) is 0 Å². The maximum Gasteiger partial charge on any atom is 0.220 e. The van der Waals surface area contributed by atoms with Gasteiger partial charge < -0.3 is 5.11 Å². The lowest BCUT2D eigenvalue weighted by molar-refractivity contribution is -0.531. The van der Waals surface area contributed by atoms with E-state index in [2.05, 4.69) is 4.98 Å². The molecule has 5 nitrogen and oxygen atoms in total. The highest BCUT2D eigenvalue weighted by molar-refractivity contribution is 6.29. The van der Waals surface area contributed by atoms with Gasteiger partial charge in [0.05, 0.1) is 12.0 Å². The third-order valence-electron chi connectivity index (χ3n) is 3.24. The highest BCUT2D eigenvalue weighted by Gasteiger charge is 2.38. The first-order valence-corrected chi connectivity index (χ1v) is 5.88. The molecule has 6 heteroatoms. The number of rotatable bonds is 2. The Bertz CT molecular complexity index is 410. The Labute approximate surface area is 104 Å². The van der Waals surface area contributed by atoms with Crippen molar-refractivity contribution >= 4 is 11.6 Å². The van der Waals surface area contributed by atoms with E-state index in [1.54, 1.807) is 18.3 Å². The Balaban J connectivity index is 2.25. The van der Waals surface area contributed by atoms with Crippen LogP contribution in [0.25, 0.3) is 0 Å². The van der Waals surface area contributed by atoms with Crippen LogP contribution < -0.4 is 0 Å². The van der Waals surface area contributed by atoms with Crippen LogP contribution in [0.1, 0.15) is 30.7 Å². The zero-order valence-electron chi connectivity index (χ0n) is 9.12. The fourth-order valence-electron chi connectivity index (χ4n) is 2.35. The van der Waals surface area contributed by atoms with E-state index in [1.165, 1.54) is 0 Å².